The minimum absolute atomic E-state index is 0.787. The zero-order chi connectivity index (χ0) is 33.5. The molecule has 0 aliphatic heterocycles. The summed E-state index contributed by atoms with van der Waals surface area (Å²) in [4.78, 5) is 0. The number of hydrogen-bond donors (Lipinski definition) is 0. The molecule has 0 N–H and O–H groups in total. The first-order valence-electron chi connectivity index (χ1n) is 12.0. The summed E-state index contributed by atoms with van der Waals surface area (Å²) < 4.78 is 156. The number of halogens is 16. The highest BCUT2D eigenvalue weighted by molar-refractivity contribution is 7.96. The largest absolute Gasteiger partial charge is 0.673 e. The molecule has 21 heteroatoms. The van der Waals surface area contributed by atoms with Gasteiger partial charge < -0.3 is 69.1 Å². The van der Waals surface area contributed by atoms with E-state index in [0.29, 0.717) is 0 Å². The second-order valence-electron chi connectivity index (χ2n) is 8.29. The molecule has 0 amide bonds. The summed E-state index contributed by atoms with van der Waals surface area (Å²) in [6, 6.07) is 33.7. The lowest BCUT2D eigenvalue weighted by Crippen LogP contribution is -2.41. The van der Waals surface area contributed by atoms with E-state index in [1.165, 1.54) is 35.2 Å². The van der Waals surface area contributed by atoms with Crippen molar-refractivity contribution in [3.63, 3.8) is 0 Å². The van der Waals surface area contributed by atoms with Crippen LogP contribution < -0.4 is 15.9 Å². The van der Waals surface area contributed by atoms with Gasteiger partial charge in [-0.2, -0.15) is 0 Å². The highest BCUT2D eigenvalue weighted by atomic mass is 31.2. The molecule has 1 aliphatic carbocycles. The highest BCUT2D eigenvalue weighted by Gasteiger charge is 2.54. The van der Waals surface area contributed by atoms with Crippen LogP contribution in [-0.4, -0.2) is 34.7 Å². The molecule has 0 aromatic heterocycles. The summed E-state index contributed by atoms with van der Waals surface area (Å²) in [5.41, 5.74) is 0.787. The fraction of sp³-hybridized carbons (Fsp3) is 0.182. The molecule has 1 aliphatic rings. The van der Waals surface area contributed by atoms with Crippen LogP contribution in [0.25, 0.3) is 0 Å². The molecule has 43 heavy (non-hydrogen) atoms. The Morgan fingerprint density at radius 2 is 0.558 bits per heavy atom. The van der Waals surface area contributed by atoms with Crippen LogP contribution in [0, 0.1) is 0 Å². The first-order valence-corrected chi connectivity index (χ1v) is 13.8. The average Bonchev–Trinajstić information content (AvgIpc) is 2.79. The van der Waals surface area contributed by atoms with Gasteiger partial charge in [0.05, 0.1) is 5.66 Å². The van der Waals surface area contributed by atoms with Gasteiger partial charge in [0, 0.05) is 0 Å². The van der Waals surface area contributed by atoms with E-state index in [1.807, 2.05) is 0 Å². The minimum atomic E-state index is -6.00. The molecule has 3 aromatic rings. The van der Waals surface area contributed by atoms with Crippen molar-refractivity contribution in [3.05, 3.63) is 91.0 Å². The third kappa shape index (κ3) is 20.7. The van der Waals surface area contributed by atoms with Crippen LogP contribution >= 0.6 is 7.26 Å². The first kappa shape index (κ1) is 40.2. The quantitative estimate of drug-likeness (QED) is 0.148. The maximum Gasteiger partial charge on any atom is 0.673 e. The van der Waals surface area contributed by atoms with Crippen molar-refractivity contribution in [2.75, 3.05) is 0 Å². The fourth-order valence-electron chi connectivity index (χ4n) is 3.84. The Bertz CT molecular complexity index is 969. The van der Waals surface area contributed by atoms with E-state index in [9.17, 15) is 69.1 Å². The molecule has 0 radical (unpaired) electrons. The third-order valence-corrected chi connectivity index (χ3v) is 10.1. The Morgan fingerprint density at radius 1 is 0.372 bits per heavy atom. The van der Waals surface area contributed by atoms with E-state index in [2.05, 4.69) is 91.0 Å². The predicted octanol–water partition coefficient (Wildman–Crippen LogP) is 9.73. The van der Waals surface area contributed by atoms with Crippen molar-refractivity contribution < 1.29 is 69.1 Å². The monoisotopic (exact) mass is 665 g/mol. The first-order chi connectivity index (χ1) is 19.4. The van der Waals surface area contributed by atoms with Gasteiger partial charge in [-0.1, -0.05) is 54.6 Å². The van der Waals surface area contributed by atoms with Gasteiger partial charge in [-0.15, -0.1) is 0 Å². The highest BCUT2D eigenvalue weighted by Crippen LogP contribution is 2.65. The van der Waals surface area contributed by atoms with E-state index < -0.39 is 36.3 Å². The Morgan fingerprint density at radius 3 is 0.698 bits per heavy atom. The maximum absolute atomic E-state index is 9.75. The zero-order valence-corrected chi connectivity index (χ0v) is 22.6. The van der Waals surface area contributed by atoms with Crippen molar-refractivity contribution >= 4 is 52.2 Å². The predicted molar refractivity (Wildman–Crippen MR) is 144 cm³/mol. The summed E-state index contributed by atoms with van der Waals surface area (Å²) in [6.45, 7) is 0. The molecular weight excluding hydrogens is 642 g/mol. The Labute approximate surface area is 237 Å². The SMILES string of the molecule is F[B-](F)(F)F.F[B-](F)(F)F.F[B-](F)(F)F.F[B-](F)(F)F.c1ccc([P+](c2ccccc2)(c2ccccc2)C2CCC2)cc1. The van der Waals surface area contributed by atoms with Crippen molar-refractivity contribution in [1.29, 1.82) is 0 Å². The molecule has 4 rings (SSSR count). The lowest BCUT2D eigenvalue weighted by Gasteiger charge is -2.39. The average molecular weight is 665 g/mol. The molecule has 0 saturated heterocycles. The fourth-order valence-corrected chi connectivity index (χ4v) is 9.07. The molecule has 0 heterocycles. The zero-order valence-electron chi connectivity index (χ0n) is 21.7. The molecule has 1 fully saturated rings. The second-order valence-corrected chi connectivity index (χ2v) is 12.0. The van der Waals surface area contributed by atoms with E-state index in [1.54, 1.807) is 0 Å². The minimum Gasteiger partial charge on any atom is -0.418 e. The summed E-state index contributed by atoms with van der Waals surface area (Å²) in [5, 5.41) is 4.59. The number of hydrogen-bond acceptors (Lipinski definition) is 0. The van der Waals surface area contributed by atoms with Gasteiger partial charge in [-0.25, -0.2) is 0 Å². The van der Waals surface area contributed by atoms with Crippen LogP contribution in [0.1, 0.15) is 19.3 Å². The molecule has 0 nitrogen and oxygen atoms in total. The van der Waals surface area contributed by atoms with Gasteiger partial charge in [0.1, 0.15) is 23.2 Å². The topological polar surface area (TPSA) is 0 Å². The smallest absolute Gasteiger partial charge is 0.418 e. The van der Waals surface area contributed by atoms with Crippen molar-refractivity contribution in [2.24, 2.45) is 0 Å². The van der Waals surface area contributed by atoms with Gasteiger partial charge in [-0.3, -0.25) is 0 Å². The van der Waals surface area contributed by atoms with Crippen molar-refractivity contribution in [2.45, 2.75) is 24.9 Å². The van der Waals surface area contributed by atoms with Gasteiger partial charge in [0.25, 0.3) is 0 Å². The Hall–Kier alpha value is -2.77. The molecule has 0 unspecified atom stereocenters. The lowest BCUT2D eigenvalue weighted by molar-refractivity contribution is 0.366. The van der Waals surface area contributed by atoms with Crippen LogP contribution in [0.4, 0.5) is 69.1 Å². The van der Waals surface area contributed by atoms with E-state index >= 15 is 0 Å². The van der Waals surface area contributed by atoms with Crippen molar-refractivity contribution in [1.82, 2.24) is 0 Å². The van der Waals surface area contributed by atoms with Gasteiger partial charge >= 0.3 is 29.0 Å². The van der Waals surface area contributed by atoms with Gasteiger partial charge in [-0.05, 0) is 55.7 Å². The molecule has 0 spiro atoms. The molecule has 0 atom stereocenters. The second kappa shape index (κ2) is 17.5. The lowest BCUT2D eigenvalue weighted by atomic mass is 10.00. The summed E-state index contributed by atoms with van der Waals surface area (Å²) >= 11 is 0. The van der Waals surface area contributed by atoms with Gasteiger partial charge in [0.15, 0.2) is 0 Å². The van der Waals surface area contributed by atoms with Crippen LogP contribution in [0.3, 0.4) is 0 Å². The molecule has 1 saturated carbocycles. The third-order valence-electron chi connectivity index (χ3n) is 5.11. The van der Waals surface area contributed by atoms with Gasteiger partial charge in [0.2, 0.25) is 0 Å². The maximum atomic E-state index is 9.75. The molecular formula is C22H22B4F16P-3. The van der Waals surface area contributed by atoms with Crippen LogP contribution in [0.5, 0.6) is 0 Å². The standard InChI is InChI=1S/C22H22P.4BF4/c1-4-11-19(12-5-1)23(22-17-10-18-22,20-13-6-2-7-14-20)21-15-8-3-9-16-21;4*2-1(3,4)5/h1-9,11-16,22H,10,17-18H2;;;;/q+1;4*-1. The van der Waals surface area contributed by atoms with Crippen LogP contribution in [0.2, 0.25) is 0 Å². The number of benzene rings is 3. The molecule has 3 aromatic carbocycles. The Kier molecular flexibility index (Phi) is 16.4. The summed E-state index contributed by atoms with van der Waals surface area (Å²) in [5.74, 6) is 0. The van der Waals surface area contributed by atoms with Crippen LogP contribution in [0.15, 0.2) is 91.0 Å². The number of rotatable bonds is 4. The van der Waals surface area contributed by atoms with E-state index in [-0.39, 0.29) is 0 Å². The Balaban J connectivity index is 0.000000723. The van der Waals surface area contributed by atoms with Crippen LogP contribution in [-0.2, 0) is 0 Å². The summed E-state index contributed by atoms with van der Waals surface area (Å²) in [6.07, 6.45) is 4.08. The molecule has 0 bridgehead atoms. The summed E-state index contributed by atoms with van der Waals surface area (Å²) in [7, 11) is -25.6. The van der Waals surface area contributed by atoms with Crippen molar-refractivity contribution in [3.8, 4) is 0 Å². The van der Waals surface area contributed by atoms with E-state index in [0.717, 1.165) is 5.66 Å². The van der Waals surface area contributed by atoms with E-state index in [4.69, 9.17) is 0 Å². The molecule has 242 valence electrons. The normalized spacial score (nSPS) is 13.7.